The van der Waals surface area contributed by atoms with E-state index in [1.54, 1.807) is 0 Å². The molecule has 1 aromatic carbocycles. The van der Waals surface area contributed by atoms with Crippen molar-refractivity contribution >= 4 is 17.8 Å². The maximum Gasteiger partial charge on any atom is 0.433 e. The first-order valence-corrected chi connectivity index (χ1v) is 8.29. The average Bonchev–Trinajstić information content (AvgIpc) is 3.12. The van der Waals surface area contributed by atoms with Gasteiger partial charge in [-0.3, -0.25) is 14.9 Å². The number of rotatable bonds is 5. The zero-order valence-corrected chi connectivity index (χ0v) is 14.1. The largest absolute Gasteiger partial charge is 0.447 e. The van der Waals surface area contributed by atoms with Crippen molar-refractivity contribution in [1.82, 2.24) is 5.32 Å². The van der Waals surface area contributed by atoms with Crippen LogP contribution in [-0.2, 0) is 16.0 Å². The van der Waals surface area contributed by atoms with Gasteiger partial charge in [-0.2, -0.15) is 0 Å². The summed E-state index contributed by atoms with van der Waals surface area (Å²) in [6.07, 6.45) is 1.70. The number of esters is 1. The SMILES string of the molecule is C[C@H](OC(=O)c1ccc([N+](=O)[O-])o1)C(=O)N[C@@H]1CCCc2ccccc21. The fourth-order valence-corrected chi connectivity index (χ4v) is 3.00. The van der Waals surface area contributed by atoms with Crippen LogP contribution in [0.3, 0.4) is 0 Å². The number of nitro groups is 1. The minimum atomic E-state index is -1.05. The number of aryl methyl sites for hydroxylation is 1. The van der Waals surface area contributed by atoms with Crippen LogP contribution in [0.4, 0.5) is 5.88 Å². The number of hydrogen-bond donors (Lipinski definition) is 1. The molecule has 2 aromatic rings. The van der Waals surface area contributed by atoms with Crippen LogP contribution in [0.2, 0.25) is 0 Å². The van der Waals surface area contributed by atoms with Crippen molar-refractivity contribution in [3.05, 3.63) is 63.4 Å². The lowest BCUT2D eigenvalue weighted by atomic mass is 9.87. The van der Waals surface area contributed by atoms with Crippen LogP contribution in [0, 0.1) is 10.1 Å². The molecule has 1 N–H and O–H groups in total. The molecule has 0 spiro atoms. The minimum absolute atomic E-state index is 0.127. The Morgan fingerprint density at radius 3 is 2.81 bits per heavy atom. The number of nitrogens with one attached hydrogen (secondary N) is 1. The number of nitrogens with zero attached hydrogens (tertiary/aromatic N) is 1. The van der Waals surface area contributed by atoms with Crippen molar-refractivity contribution in [3.8, 4) is 0 Å². The Balaban J connectivity index is 1.61. The maximum atomic E-state index is 12.4. The molecular formula is C18H18N2O6. The summed E-state index contributed by atoms with van der Waals surface area (Å²) in [6, 6.07) is 9.99. The Morgan fingerprint density at radius 1 is 1.31 bits per heavy atom. The summed E-state index contributed by atoms with van der Waals surface area (Å²) in [5, 5.41) is 13.5. The molecule has 8 nitrogen and oxygen atoms in total. The van der Waals surface area contributed by atoms with Gasteiger partial charge >= 0.3 is 11.9 Å². The van der Waals surface area contributed by atoms with E-state index in [1.807, 2.05) is 24.3 Å². The van der Waals surface area contributed by atoms with Crippen LogP contribution in [0.25, 0.3) is 0 Å². The molecule has 0 radical (unpaired) electrons. The van der Waals surface area contributed by atoms with Crippen molar-refractivity contribution in [3.63, 3.8) is 0 Å². The van der Waals surface area contributed by atoms with E-state index in [4.69, 9.17) is 9.15 Å². The van der Waals surface area contributed by atoms with Crippen LogP contribution in [0.1, 0.15) is 47.5 Å². The van der Waals surface area contributed by atoms with Crippen LogP contribution in [-0.4, -0.2) is 22.9 Å². The number of furan rings is 1. The molecule has 0 aliphatic heterocycles. The molecule has 136 valence electrons. The Labute approximate surface area is 149 Å². The van der Waals surface area contributed by atoms with Gasteiger partial charge in [-0.1, -0.05) is 24.3 Å². The first kappa shape index (κ1) is 17.7. The second kappa shape index (κ2) is 7.38. The first-order chi connectivity index (χ1) is 12.5. The highest BCUT2D eigenvalue weighted by molar-refractivity contribution is 5.90. The summed E-state index contributed by atoms with van der Waals surface area (Å²) in [6.45, 7) is 1.44. The molecule has 1 aliphatic carbocycles. The number of fused-ring (bicyclic) bond motifs is 1. The first-order valence-electron chi connectivity index (χ1n) is 8.29. The van der Waals surface area contributed by atoms with Gasteiger partial charge in [0.25, 0.3) is 5.91 Å². The molecular weight excluding hydrogens is 340 g/mol. The van der Waals surface area contributed by atoms with Gasteiger partial charge in [0.1, 0.15) is 4.92 Å². The summed E-state index contributed by atoms with van der Waals surface area (Å²) >= 11 is 0. The van der Waals surface area contributed by atoms with E-state index < -0.39 is 28.8 Å². The standard InChI is InChI=1S/C18H18N2O6/c1-11(25-18(22)15-9-10-16(26-15)20(23)24)17(21)19-14-8-4-6-12-5-2-3-7-13(12)14/h2-3,5,7,9-11,14H,4,6,8H2,1H3,(H,19,21)/t11-,14+/m0/s1. The van der Waals surface area contributed by atoms with Gasteiger partial charge in [-0.05, 0) is 43.4 Å². The number of amides is 1. The van der Waals surface area contributed by atoms with Gasteiger partial charge in [-0.25, -0.2) is 4.79 Å². The highest BCUT2D eigenvalue weighted by atomic mass is 16.7. The molecule has 2 atom stereocenters. The zero-order valence-electron chi connectivity index (χ0n) is 14.1. The van der Waals surface area contributed by atoms with Crippen molar-refractivity contribution in [2.75, 3.05) is 0 Å². The highest BCUT2D eigenvalue weighted by Crippen LogP contribution is 2.29. The molecule has 3 rings (SSSR count). The van der Waals surface area contributed by atoms with Gasteiger partial charge in [-0.15, -0.1) is 0 Å². The summed E-state index contributed by atoms with van der Waals surface area (Å²) < 4.78 is 9.83. The molecule has 0 saturated heterocycles. The molecule has 26 heavy (non-hydrogen) atoms. The number of benzene rings is 1. The number of carbonyl (C=O) groups is 2. The third-order valence-electron chi connectivity index (χ3n) is 4.31. The molecule has 1 heterocycles. The lowest BCUT2D eigenvalue weighted by Gasteiger charge is -2.27. The van der Waals surface area contributed by atoms with Crippen LogP contribution < -0.4 is 5.32 Å². The summed E-state index contributed by atoms with van der Waals surface area (Å²) in [5.74, 6) is -2.24. The van der Waals surface area contributed by atoms with E-state index >= 15 is 0 Å². The highest BCUT2D eigenvalue weighted by Gasteiger charge is 2.27. The molecule has 1 amide bonds. The molecule has 0 bridgehead atoms. The van der Waals surface area contributed by atoms with E-state index in [1.165, 1.54) is 12.5 Å². The molecule has 0 saturated carbocycles. The summed E-state index contributed by atoms with van der Waals surface area (Å²) in [7, 11) is 0. The van der Waals surface area contributed by atoms with Crippen molar-refractivity contribution in [2.24, 2.45) is 0 Å². The smallest absolute Gasteiger partial charge is 0.433 e. The third kappa shape index (κ3) is 3.74. The fourth-order valence-electron chi connectivity index (χ4n) is 3.00. The maximum absolute atomic E-state index is 12.4. The number of ether oxygens (including phenoxy) is 1. The topological polar surface area (TPSA) is 112 Å². The quantitative estimate of drug-likeness (QED) is 0.500. The van der Waals surface area contributed by atoms with E-state index in [0.29, 0.717) is 0 Å². The Hall–Kier alpha value is -3.16. The van der Waals surface area contributed by atoms with E-state index in [-0.39, 0.29) is 11.8 Å². The van der Waals surface area contributed by atoms with E-state index in [0.717, 1.165) is 37.0 Å². The van der Waals surface area contributed by atoms with Gasteiger partial charge in [0.15, 0.2) is 6.10 Å². The number of hydrogen-bond acceptors (Lipinski definition) is 6. The average molecular weight is 358 g/mol. The Morgan fingerprint density at radius 2 is 2.08 bits per heavy atom. The van der Waals surface area contributed by atoms with Crippen molar-refractivity contribution in [1.29, 1.82) is 0 Å². The lowest BCUT2D eigenvalue weighted by Crippen LogP contribution is -2.39. The molecule has 0 fully saturated rings. The van der Waals surface area contributed by atoms with E-state index in [2.05, 4.69) is 5.32 Å². The fraction of sp³-hybridized carbons (Fsp3) is 0.333. The molecule has 1 aliphatic rings. The molecule has 1 aromatic heterocycles. The predicted molar refractivity (Wildman–Crippen MR) is 90.5 cm³/mol. The molecule has 0 unspecified atom stereocenters. The molecule has 8 heteroatoms. The summed E-state index contributed by atoms with van der Waals surface area (Å²) in [4.78, 5) is 34.2. The van der Waals surface area contributed by atoms with Gasteiger partial charge < -0.3 is 14.5 Å². The van der Waals surface area contributed by atoms with Gasteiger partial charge in [0, 0.05) is 0 Å². The van der Waals surface area contributed by atoms with Crippen molar-refractivity contribution in [2.45, 2.75) is 38.3 Å². The van der Waals surface area contributed by atoms with Gasteiger partial charge in [0.2, 0.25) is 5.76 Å². The third-order valence-corrected chi connectivity index (χ3v) is 4.31. The van der Waals surface area contributed by atoms with Crippen LogP contribution in [0.5, 0.6) is 0 Å². The number of carbonyl (C=O) groups excluding carboxylic acids is 2. The summed E-state index contributed by atoms with van der Waals surface area (Å²) in [5.41, 5.74) is 2.28. The normalized spacial score (nSPS) is 17.0. The predicted octanol–water partition coefficient (Wildman–Crippen LogP) is 2.93. The van der Waals surface area contributed by atoms with Gasteiger partial charge in [0.05, 0.1) is 12.1 Å². The Kier molecular flexibility index (Phi) is 5.01. The Bertz CT molecular complexity index is 844. The second-order valence-corrected chi connectivity index (χ2v) is 6.09. The van der Waals surface area contributed by atoms with E-state index in [9.17, 15) is 19.7 Å². The van der Waals surface area contributed by atoms with Crippen molar-refractivity contribution < 1.29 is 23.7 Å². The second-order valence-electron chi connectivity index (χ2n) is 6.09. The van der Waals surface area contributed by atoms with Crippen LogP contribution in [0.15, 0.2) is 40.8 Å². The monoisotopic (exact) mass is 358 g/mol. The minimum Gasteiger partial charge on any atom is -0.447 e. The lowest BCUT2D eigenvalue weighted by molar-refractivity contribution is -0.402. The zero-order chi connectivity index (χ0) is 18.7. The van der Waals surface area contributed by atoms with Crippen LogP contribution >= 0.6 is 0 Å².